The third-order valence-electron chi connectivity index (χ3n) is 2.67. The number of rotatable bonds is 3. The van der Waals surface area contributed by atoms with Crippen LogP contribution in [-0.2, 0) is 6.18 Å². The van der Waals surface area contributed by atoms with E-state index >= 15 is 0 Å². The zero-order valence-corrected chi connectivity index (χ0v) is 9.72. The van der Waals surface area contributed by atoms with Gasteiger partial charge >= 0.3 is 6.18 Å². The minimum Gasteiger partial charge on any atom is -0.271 e. The monoisotopic (exact) mass is 268 g/mol. The molecular weight excluding hydrogens is 257 g/mol. The molecule has 0 radical (unpaired) electrons. The van der Waals surface area contributed by atoms with Crippen LogP contribution >= 0.6 is 0 Å². The predicted octanol–water partition coefficient (Wildman–Crippen LogP) is 2.05. The van der Waals surface area contributed by atoms with E-state index in [1.807, 2.05) is 0 Å². The molecule has 100 valence electrons. The van der Waals surface area contributed by atoms with E-state index in [4.69, 9.17) is 5.84 Å². The molecule has 2 rings (SSSR count). The van der Waals surface area contributed by atoms with Crippen LogP contribution in [0.3, 0.4) is 0 Å². The molecule has 1 unspecified atom stereocenters. The Bertz CT molecular complexity index is 542. The number of nitrogens with two attached hydrogens (primary N) is 1. The third-order valence-corrected chi connectivity index (χ3v) is 2.67. The first kappa shape index (κ1) is 13.4. The number of aromatic nitrogens is 2. The van der Waals surface area contributed by atoms with E-state index in [2.05, 4.69) is 15.4 Å². The molecule has 0 amide bonds. The maximum absolute atomic E-state index is 13.0. The van der Waals surface area contributed by atoms with Crippen LogP contribution < -0.4 is 11.3 Å². The molecule has 0 spiro atoms. The van der Waals surface area contributed by atoms with Crippen molar-refractivity contribution in [2.24, 2.45) is 5.84 Å². The lowest BCUT2D eigenvalue weighted by molar-refractivity contribution is -0.138. The summed E-state index contributed by atoms with van der Waals surface area (Å²) in [6, 6.07) is 3.32. The van der Waals surface area contributed by atoms with Crippen molar-refractivity contribution in [2.75, 3.05) is 0 Å². The zero-order valence-electron chi connectivity index (χ0n) is 9.72. The van der Waals surface area contributed by atoms with Crippen LogP contribution in [0.1, 0.15) is 22.7 Å². The van der Waals surface area contributed by atoms with Crippen LogP contribution in [-0.4, -0.2) is 9.97 Å². The molecule has 0 fully saturated rings. The lowest BCUT2D eigenvalue weighted by Gasteiger charge is -2.20. The summed E-state index contributed by atoms with van der Waals surface area (Å²) < 4.78 is 38.9. The van der Waals surface area contributed by atoms with Crippen LogP contribution in [0.5, 0.6) is 0 Å². The first-order valence-corrected chi connectivity index (χ1v) is 5.41. The van der Waals surface area contributed by atoms with Crippen LogP contribution in [0.2, 0.25) is 0 Å². The number of nitrogens with one attached hydrogen (secondary N) is 1. The fourth-order valence-electron chi connectivity index (χ4n) is 1.82. The summed E-state index contributed by atoms with van der Waals surface area (Å²) in [6.07, 6.45) is 0.785. The van der Waals surface area contributed by atoms with Crippen molar-refractivity contribution in [1.29, 1.82) is 0 Å². The second-order valence-corrected chi connectivity index (χ2v) is 3.84. The topological polar surface area (TPSA) is 63.8 Å². The molecule has 0 aliphatic carbocycles. The molecule has 3 N–H and O–H groups in total. The van der Waals surface area contributed by atoms with E-state index < -0.39 is 17.8 Å². The van der Waals surface area contributed by atoms with Crippen LogP contribution in [0.25, 0.3) is 0 Å². The Morgan fingerprint density at radius 2 is 1.68 bits per heavy atom. The molecule has 19 heavy (non-hydrogen) atoms. The predicted molar refractivity (Wildman–Crippen MR) is 62.6 cm³/mol. The Kier molecular flexibility index (Phi) is 3.77. The number of nitrogens with zero attached hydrogens (tertiary/aromatic N) is 2. The molecule has 0 aliphatic rings. The van der Waals surface area contributed by atoms with E-state index in [0.717, 1.165) is 18.5 Å². The summed E-state index contributed by atoms with van der Waals surface area (Å²) in [5.74, 6) is 5.38. The first-order chi connectivity index (χ1) is 9.04. The van der Waals surface area contributed by atoms with Gasteiger partial charge in [0.1, 0.15) is 0 Å². The second kappa shape index (κ2) is 5.33. The van der Waals surface area contributed by atoms with E-state index in [1.54, 1.807) is 12.1 Å². The molecule has 0 bridgehead atoms. The Morgan fingerprint density at radius 1 is 1.05 bits per heavy atom. The summed E-state index contributed by atoms with van der Waals surface area (Å²) >= 11 is 0. The van der Waals surface area contributed by atoms with Gasteiger partial charge in [0.15, 0.2) is 0 Å². The molecule has 2 aromatic heterocycles. The van der Waals surface area contributed by atoms with Crippen molar-refractivity contribution >= 4 is 0 Å². The Balaban J connectivity index is 2.51. The molecule has 1 atom stereocenters. The van der Waals surface area contributed by atoms with Gasteiger partial charge in [0.05, 0.1) is 11.6 Å². The van der Waals surface area contributed by atoms with Crippen LogP contribution in [0, 0.1) is 0 Å². The van der Waals surface area contributed by atoms with Gasteiger partial charge in [0, 0.05) is 30.4 Å². The Labute approximate surface area is 107 Å². The highest BCUT2D eigenvalue weighted by molar-refractivity contribution is 5.36. The van der Waals surface area contributed by atoms with E-state index in [1.165, 1.54) is 12.4 Å². The van der Waals surface area contributed by atoms with Gasteiger partial charge in [-0.25, -0.2) is 5.43 Å². The molecule has 2 heterocycles. The molecule has 7 heteroatoms. The quantitative estimate of drug-likeness (QED) is 0.660. The highest BCUT2D eigenvalue weighted by Crippen LogP contribution is 2.35. The Hall–Kier alpha value is -1.99. The maximum Gasteiger partial charge on any atom is 0.416 e. The van der Waals surface area contributed by atoms with Gasteiger partial charge in [-0.3, -0.25) is 15.8 Å². The lowest BCUT2D eigenvalue weighted by atomic mass is 9.97. The summed E-state index contributed by atoms with van der Waals surface area (Å²) in [6.45, 7) is 0. The number of pyridine rings is 2. The van der Waals surface area contributed by atoms with E-state index in [9.17, 15) is 13.2 Å². The highest BCUT2D eigenvalue weighted by Gasteiger charge is 2.35. The number of halogens is 3. The molecule has 0 saturated heterocycles. The number of alkyl halides is 3. The molecule has 0 saturated carbocycles. The largest absolute Gasteiger partial charge is 0.416 e. The normalized spacial score (nSPS) is 13.3. The first-order valence-electron chi connectivity index (χ1n) is 5.41. The molecule has 0 aromatic carbocycles. The van der Waals surface area contributed by atoms with Gasteiger partial charge < -0.3 is 0 Å². The van der Waals surface area contributed by atoms with Gasteiger partial charge in [-0.05, 0) is 23.8 Å². The van der Waals surface area contributed by atoms with Crippen LogP contribution in [0.4, 0.5) is 13.2 Å². The van der Waals surface area contributed by atoms with Gasteiger partial charge in [0.25, 0.3) is 0 Å². The minimum atomic E-state index is -4.46. The van der Waals surface area contributed by atoms with Crippen molar-refractivity contribution in [3.63, 3.8) is 0 Å². The van der Waals surface area contributed by atoms with Crippen molar-refractivity contribution in [2.45, 2.75) is 12.2 Å². The SMILES string of the molecule is NNC(c1ccncc1)c1cnccc1C(F)(F)F. The fraction of sp³-hybridized carbons (Fsp3) is 0.167. The van der Waals surface area contributed by atoms with Gasteiger partial charge in [-0.2, -0.15) is 13.2 Å². The number of hydrazine groups is 1. The second-order valence-electron chi connectivity index (χ2n) is 3.84. The van der Waals surface area contributed by atoms with Crippen molar-refractivity contribution in [1.82, 2.24) is 15.4 Å². The minimum absolute atomic E-state index is 0.0244. The van der Waals surface area contributed by atoms with Crippen LogP contribution in [0.15, 0.2) is 43.0 Å². The van der Waals surface area contributed by atoms with Gasteiger partial charge in [-0.1, -0.05) is 0 Å². The number of hydrogen-bond donors (Lipinski definition) is 2. The Morgan fingerprint density at radius 3 is 2.26 bits per heavy atom. The molecular formula is C12H11F3N4. The summed E-state index contributed by atoms with van der Waals surface area (Å²) in [4.78, 5) is 7.56. The van der Waals surface area contributed by atoms with E-state index in [0.29, 0.717) is 5.56 Å². The summed E-state index contributed by atoms with van der Waals surface area (Å²) in [5, 5.41) is 0. The lowest BCUT2D eigenvalue weighted by Crippen LogP contribution is -2.30. The van der Waals surface area contributed by atoms with Crippen molar-refractivity contribution < 1.29 is 13.2 Å². The van der Waals surface area contributed by atoms with Gasteiger partial charge in [0.2, 0.25) is 0 Å². The zero-order chi connectivity index (χ0) is 13.9. The van der Waals surface area contributed by atoms with Gasteiger partial charge in [-0.15, -0.1) is 0 Å². The standard InChI is InChI=1S/C12H11F3N4/c13-12(14,15)10-3-6-18-7-9(10)11(19-16)8-1-4-17-5-2-8/h1-7,11,19H,16H2. The maximum atomic E-state index is 13.0. The van der Waals surface area contributed by atoms with E-state index in [-0.39, 0.29) is 5.56 Å². The fourth-order valence-corrected chi connectivity index (χ4v) is 1.82. The average Bonchev–Trinajstić information content (AvgIpc) is 2.40. The average molecular weight is 268 g/mol. The smallest absolute Gasteiger partial charge is 0.271 e. The van der Waals surface area contributed by atoms with Crippen molar-refractivity contribution in [3.8, 4) is 0 Å². The summed E-state index contributed by atoms with van der Waals surface area (Å²) in [7, 11) is 0. The third kappa shape index (κ3) is 2.88. The molecule has 4 nitrogen and oxygen atoms in total. The van der Waals surface area contributed by atoms with Crippen molar-refractivity contribution in [3.05, 3.63) is 59.7 Å². The number of hydrogen-bond acceptors (Lipinski definition) is 4. The highest BCUT2D eigenvalue weighted by atomic mass is 19.4. The summed E-state index contributed by atoms with van der Waals surface area (Å²) in [5.41, 5.74) is 2.17. The molecule has 2 aromatic rings. The molecule has 0 aliphatic heterocycles.